The van der Waals surface area contributed by atoms with Gasteiger partial charge >= 0.3 is 0 Å². The summed E-state index contributed by atoms with van der Waals surface area (Å²) in [7, 11) is 0. The number of carbonyl (C=O) groups is 1. The average Bonchev–Trinajstić information content (AvgIpc) is 3.30. The highest BCUT2D eigenvalue weighted by Crippen LogP contribution is 2.30. The molecule has 0 atom stereocenters. The second-order valence-electron chi connectivity index (χ2n) is 5.68. The van der Waals surface area contributed by atoms with Crippen LogP contribution >= 0.6 is 0 Å². The highest BCUT2D eigenvalue weighted by molar-refractivity contribution is 5.92. The van der Waals surface area contributed by atoms with Gasteiger partial charge in [0.1, 0.15) is 5.69 Å². The Balaban J connectivity index is 1.71. The summed E-state index contributed by atoms with van der Waals surface area (Å²) >= 11 is 0. The van der Waals surface area contributed by atoms with E-state index in [2.05, 4.69) is 15.3 Å². The predicted molar refractivity (Wildman–Crippen MR) is 74.5 cm³/mol. The standard InChI is InChI=1S/C14H20N4O2/c19-13-8-16-12(7-17-13)14(20)18(11-1-2-11)9-10-3-5-15-6-4-10/h7-8,10-11,15H,1-6,9H2,(H,17,19). The molecule has 6 heteroatoms. The zero-order chi connectivity index (χ0) is 13.9. The molecule has 20 heavy (non-hydrogen) atoms. The highest BCUT2D eigenvalue weighted by atomic mass is 16.2. The summed E-state index contributed by atoms with van der Waals surface area (Å²) < 4.78 is 0. The maximum atomic E-state index is 12.5. The molecule has 3 rings (SSSR count). The molecule has 1 aliphatic heterocycles. The van der Waals surface area contributed by atoms with E-state index in [0.29, 0.717) is 17.7 Å². The fourth-order valence-corrected chi connectivity index (χ4v) is 2.73. The number of hydrogen-bond donors (Lipinski definition) is 2. The average molecular weight is 276 g/mol. The molecule has 1 aliphatic carbocycles. The summed E-state index contributed by atoms with van der Waals surface area (Å²) in [6, 6.07) is 0.367. The number of amides is 1. The first-order chi connectivity index (χ1) is 9.74. The molecule has 0 aromatic carbocycles. The van der Waals surface area contributed by atoms with Crippen LogP contribution in [0.1, 0.15) is 36.2 Å². The molecule has 0 spiro atoms. The van der Waals surface area contributed by atoms with Crippen molar-refractivity contribution >= 4 is 5.91 Å². The quantitative estimate of drug-likeness (QED) is 0.833. The molecule has 6 nitrogen and oxygen atoms in total. The van der Waals surface area contributed by atoms with E-state index in [1.807, 2.05) is 4.90 Å². The summed E-state index contributed by atoms with van der Waals surface area (Å²) in [5.74, 6) is 0.519. The van der Waals surface area contributed by atoms with Crippen molar-refractivity contribution in [1.29, 1.82) is 0 Å². The predicted octanol–water partition coefficient (Wildman–Crippen LogP) is 0.374. The molecular formula is C14H20N4O2. The van der Waals surface area contributed by atoms with Crippen LogP contribution in [-0.2, 0) is 0 Å². The monoisotopic (exact) mass is 276 g/mol. The van der Waals surface area contributed by atoms with Crippen molar-refractivity contribution in [1.82, 2.24) is 20.2 Å². The number of hydrogen-bond acceptors (Lipinski definition) is 4. The van der Waals surface area contributed by atoms with E-state index >= 15 is 0 Å². The van der Waals surface area contributed by atoms with Crippen molar-refractivity contribution in [3.05, 3.63) is 28.4 Å². The van der Waals surface area contributed by atoms with Crippen LogP contribution in [0.15, 0.2) is 17.2 Å². The zero-order valence-corrected chi connectivity index (χ0v) is 11.5. The second kappa shape index (κ2) is 5.75. The van der Waals surface area contributed by atoms with Crippen LogP contribution in [0.2, 0.25) is 0 Å². The molecule has 2 fully saturated rings. The number of piperidine rings is 1. The van der Waals surface area contributed by atoms with Crippen molar-refractivity contribution in [3.8, 4) is 0 Å². The smallest absolute Gasteiger partial charge is 0.274 e. The minimum Gasteiger partial charge on any atom is -0.334 e. The third-order valence-electron chi connectivity index (χ3n) is 4.05. The van der Waals surface area contributed by atoms with E-state index in [0.717, 1.165) is 45.3 Å². The Hall–Kier alpha value is -1.69. The van der Waals surface area contributed by atoms with Crippen molar-refractivity contribution in [3.63, 3.8) is 0 Å². The van der Waals surface area contributed by atoms with Crippen molar-refractivity contribution in [2.45, 2.75) is 31.7 Å². The summed E-state index contributed by atoms with van der Waals surface area (Å²) in [5.41, 5.74) is 0.0586. The van der Waals surface area contributed by atoms with Gasteiger partial charge in [0.05, 0.1) is 6.20 Å². The maximum Gasteiger partial charge on any atom is 0.274 e. The molecule has 0 radical (unpaired) electrons. The number of aromatic amines is 1. The number of nitrogens with zero attached hydrogens (tertiary/aromatic N) is 2. The lowest BCUT2D eigenvalue weighted by Gasteiger charge is -2.30. The summed E-state index contributed by atoms with van der Waals surface area (Å²) in [5, 5.41) is 3.34. The molecule has 1 aromatic rings. The first-order valence-electron chi connectivity index (χ1n) is 7.30. The number of H-pyrrole nitrogens is 1. The van der Waals surface area contributed by atoms with Gasteiger partial charge in [-0.05, 0) is 44.7 Å². The summed E-state index contributed by atoms with van der Waals surface area (Å²) in [6.07, 6.45) is 7.00. The lowest BCUT2D eigenvalue weighted by molar-refractivity contribution is 0.0695. The normalized spacial score (nSPS) is 19.8. The summed E-state index contributed by atoms with van der Waals surface area (Å²) in [4.78, 5) is 32.0. The molecule has 1 saturated carbocycles. The third-order valence-corrected chi connectivity index (χ3v) is 4.05. The van der Waals surface area contributed by atoms with Gasteiger partial charge in [-0.3, -0.25) is 9.59 Å². The Bertz CT molecular complexity index is 512. The van der Waals surface area contributed by atoms with Crippen molar-refractivity contribution < 1.29 is 4.79 Å². The Morgan fingerprint density at radius 1 is 1.30 bits per heavy atom. The molecule has 108 valence electrons. The molecule has 2 aliphatic rings. The lowest BCUT2D eigenvalue weighted by atomic mass is 9.97. The molecule has 1 amide bonds. The van der Waals surface area contributed by atoms with Gasteiger partial charge in [-0.25, -0.2) is 4.98 Å². The van der Waals surface area contributed by atoms with Gasteiger partial charge < -0.3 is 15.2 Å². The van der Waals surface area contributed by atoms with E-state index in [-0.39, 0.29) is 11.5 Å². The molecule has 2 N–H and O–H groups in total. The first-order valence-corrected chi connectivity index (χ1v) is 7.30. The van der Waals surface area contributed by atoms with Crippen LogP contribution in [-0.4, -0.2) is 46.5 Å². The van der Waals surface area contributed by atoms with Gasteiger partial charge in [0.25, 0.3) is 11.5 Å². The molecular weight excluding hydrogens is 256 g/mol. The van der Waals surface area contributed by atoms with Crippen LogP contribution in [0, 0.1) is 5.92 Å². The fraction of sp³-hybridized carbons (Fsp3) is 0.643. The third kappa shape index (κ3) is 3.07. The number of aromatic nitrogens is 2. The van der Waals surface area contributed by atoms with E-state index in [1.54, 1.807) is 0 Å². The Morgan fingerprint density at radius 3 is 2.65 bits per heavy atom. The van der Waals surface area contributed by atoms with Crippen molar-refractivity contribution in [2.75, 3.05) is 19.6 Å². The summed E-state index contributed by atoms with van der Waals surface area (Å²) in [6.45, 7) is 2.88. The molecule has 1 saturated heterocycles. The van der Waals surface area contributed by atoms with Crippen LogP contribution in [0.4, 0.5) is 0 Å². The van der Waals surface area contributed by atoms with E-state index < -0.39 is 0 Å². The van der Waals surface area contributed by atoms with Gasteiger partial charge in [0, 0.05) is 18.8 Å². The van der Waals surface area contributed by atoms with Gasteiger partial charge in [-0.15, -0.1) is 0 Å². The minimum atomic E-state index is -0.280. The highest BCUT2D eigenvalue weighted by Gasteiger charge is 2.35. The SMILES string of the molecule is O=C(c1c[nH]c(=O)cn1)N(CC1CCNCC1)C1CC1. The van der Waals surface area contributed by atoms with Gasteiger partial charge in [0.15, 0.2) is 0 Å². The van der Waals surface area contributed by atoms with E-state index in [4.69, 9.17) is 0 Å². The topological polar surface area (TPSA) is 78.1 Å². The Kier molecular flexibility index (Phi) is 3.82. The molecule has 2 heterocycles. The molecule has 0 bridgehead atoms. The lowest BCUT2D eigenvalue weighted by Crippen LogP contribution is -2.41. The van der Waals surface area contributed by atoms with Gasteiger partial charge in [-0.2, -0.15) is 0 Å². The Labute approximate surface area is 117 Å². The van der Waals surface area contributed by atoms with E-state index in [9.17, 15) is 9.59 Å². The number of nitrogens with one attached hydrogen (secondary N) is 2. The molecule has 0 unspecified atom stereocenters. The zero-order valence-electron chi connectivity index (χ0n) is 11.5. The van der Waals surface area contributed by atoms with Crippen LogP contribution in [0.3, 0.4) is 0 Å². The Morgan fingerprint density at radius 2 is 2.05 bits per heavy atom. The van der Waals surface area contributed by atoms with Gasteiger partial charge in [0.2, 0.25) is 0 Å². The largest absolute Gasteiger partial charge is 0.334 e. The van der Waals surface area contributed by atoms with Crippen LogP contribution in [0.5, 0.6) is 0 Å². The second-order valence-corrected chi connectivity index (χ2v) is 5.68. The maximum absolute atomic E-state index is 12.5. The minimum absolute atomic E-state index is 0.0534. The molecule has 1 aromatic heterocycles. The van der Waals surface area contributed by atoms with Crippen molar-refractivity contribution in [2.24, 2.45) is 5.92 Å². The number of carbonyl (C=O) groups excluding carboxylic acids is 1. The number of rotatable bonds is 4. The fourth-order valence-electron chi connectivity index (χ4n) is 2.73. The van der Waals surface area contributed by atoms with E-state index in [1.165, 1.54) is 12.4 Å². The van der Waals surface area contributed by atoms with Crippen LogP contribution < -0.4 is 10.9 Å². The van der Waals surface area contributed by atoms with Gasteiger partial charge in [-0.1, -0.05) is 0 Å². The van der Waals surface area contributed by atoms with Crippen LogP contribution in [0.25, 0.3) is 0 Å². The first kappa shape index (κ1) is 13.3.